The minimum Gasteiger partial charge on any atom is -0.493 e. The Morgan fingerprint density at radius 2 is 1.95 bits per heavy atom. The molecule has 1 unspecified atom stereocenters. The maximum Gasteiger partial charge on any atom is 0.124 e. The average Bonchev–Trinajstić information content (AvgIpc) is 2.76. The number of rotatable bonds is 2. The fraction of sp³-hybridized carbons (Fsp3) is 0.647. The Bertz CT molecular complexity index is 466. The van der Waals surface area contributed by atoms with Gasteiger partial charge in [-0.1, -0.05) is 30.5 Å². The molecule has 110 valence electrons. The smallest absolute Gasteiger partial charge is 0.124 e. The zero-order chi connectivity index (χ0) is 14.0. The standard InChI is InChI=1S/C17H26N2O/c1-14-6-7-16-15(12-14)17(13-18,8-11-20-16)19-9-4-2-3-5-10-19/h6-7,12H,2-5,8-11,13,18H2,1H3. The van der Waals surface area contributed by atoms with Crippen molar-refractivity contribution in [1.29, 1.82) is 0 Å². The number of nitrogens with zero attached hydrogens (tertiary/aromatic N) is 1. The molecule has 0 saturated carbocycles. The van der Waals surface area contributed by atoms with Crippen LogP contribution in [0.5, 0.6) is 5.75 Å². The first-order chi connectivity index (χ1) is 9.76. The van der Waals surface area contributed by atoms with Crippen LogP contribution in [0.1, 0.15) is 43.2 Å². The minimum absolute atomic E-state index is 0.00998. The Morgan fingerprint density at radius 3 is 2.65 bits per heavy atom. The van der Waals surface area contributed by atoms with Crippen LogP contribution in [0.2, 0.25) is 0 Å². The maximum atomic E-state index is 6.29. The first-order valence-electron chi connectivity index (χ1n) is 7.95. The Balaban J connectivity index is 2.02. The second-order valence-corrected chi connectivity index (χ2v) is 6.24. The first kappa shape index (κ1) is 13.9. The molecule has 2 aliphatic heterocycles. The van der Waals surface area contributed by atoms with Crippen molar-refractivity contribution >= 4 is 0 Å². The topological polar surface area (TPSA) is 38.5 Å². The highest BCUT2D eigenvalue weighted by Crippen LogP contribution is 2.42. The average molecular weight is 274 g/mol. The van der Waals surface area contributed by atoms with E-state index in [9.17, 15) is 0 Å². The van der Waals surface area contributed by atoms with Gasteiger partial charge in [-0.05, 0) is 38.9 Å². The first-order valence-corrected chi connectivity index (χ1v) is 7.95. The molecule has 0 spiro atoms. The summed E-state index contributed by atoms with van der Waals surface area (Å²) in [6, 6.07) is 6.53. The number of nitrogens with two attached hydrogens (primary N) is 1. The molecule has 0 bridgehead atoms. The van der Waals surface area contributed by atoms with Crippen molar-refractivity contribution in [1.82, 2.24) is 4.90 Å². The second-order valence-electron chi connectivity index (χ2n) is 6.24. The summed E-state index contributed by atoms with van der Waals surface area (Å²) >= 11 is 0. The fourth-order valence-corrected chi connectivity index (χ4v) is 3.77. The molecule has 3 heteroatoms. The largest absolute Gasteiger partial charge is 0.493 e. The molecule has 0 amide bonds. The Hall–Kier alpha value is -1.06. The molecular weight excluding hydrogens is 248 g/mol. The van der Waals surface area contributed by atoms with E-state index < -0.39 is 0 Å². The summed E-state index contributed by atoms with van der Waals surface area (Å²) < 4.78 is 5.88. The van der Waals surface area contributed by atoms with Gasteiger partial charge in [0.1, 0.15) is 5.75 Å². The van der Waals surface area contributed by atoms with Crippen LogP contribution < -0.4 is 10.5 Å². The molecule has 0 aromatic heterocycles. The molecule has 2 N–H and O–H groups in total. The Kier molecular flexibility index (Phi) is 3.99. The molecule has 1 saturated heterocycles. The van der Waals surface area contributed by atoms with Gasteiger partial charge in [-0.25, -0.2) is 0 Å². The number of aryl methyl sites for hydroxylation is 1. The summed E-state index contributed by atoms with van der Waals surface area (Å²) in [4.78, 5) is 2.64. The molecule has 1 aromatic carbocycles. The quantitative estimate of drug-likeness (QED) is 0.901. The summed E-state index contributed by atoms with van der Waals surface area (Å²) in [5.74, 6) is 1.04. The van der Waals surface area contributed by atoms with Gasteiger partial charge in [-0.2, -0.15) is 0 Å². The molecule has 1 fully saturated rings. The molecule has 2 aliphatic rings. The van der Waals surface area contributed by atoms with Crippen LogP contribution in [0.15, 0.2) is 18.2 Å². The summed E-state index contributed by atoms with van der Waals surface area (Å²) in [5.41, 5.74) is 8.88. The number of ether oxygens (including phenoxy) is 1. The summed E-state index contributed by atoms with van der Waals surface area (Å²) in [6.07, 6.45) is 6.32. The van der Waals surface area contributed by atoms with Gasteiger partial charge in [0.05, 0.1) is 12.1 Å². The number of fused-ring (bicyclic) bond motifs is 1. The van der Waals surface area contributed by atoms with Crippen molar-refractivity contribution in [3.8, 4) is 5.75 Å². The maximum absolute atomic E-state index is 6.29. The van der Waals surface area contributed by atoms with E-state index in [0.29, 0.717) is 6.54 Å². The second kappa shape index (κ2) is 5.74. The number of benzene rings is 1. The van der Waals surface area contributed by atoms with Gasteiger partial charge in [0.25, 0.3) is 0 Å². The lowest BCUT2D eigenvalue weighted by Gasteiger charge is -2.46. The van der Waals surface area contributed by atoms with E-state index in [2.05, 4.69) is 30.0 Å². The zero-order valence-corrected chi connectivity index (χ0v) is 12.5. The minimum atomic E-state index is -0.00998. The molecule has 0 aliphatic carbocycles. The van der Waals surface area contributed by atoms with Gasteiger partial charge in [0.2, 0.25) is 0 Å². The molecule has 0 radical (unpaired) electrons. The predicted molar refractivity (Wildman–Crippen MR) is 82.1 cm³/mol. The van der Waals surface area contributed by atoms with E-state index in [-0.39, 0.29) is 5.54 Å². The van der Waals surface area contributed by atoms with Crippen molar-refractivity contribution in [2.75, 3.05) is 26.2 Å². The third-order valence-electron chi connectivity index (χ3n) is 4.96. The van der Waals surface area contributed by atoms with E-state index in [1.165, 1.54) is 49.9 Å². The van der Waals surface area contributed by atoms with Gasteiger partial charge >= 0.3 is 0 Å². The van der Waals surface area contributed by atoms with Crippen molar-refractivity contribution in [3.05, 3.63) is 29.3 Å². The van der Waals surface area contributed by atoms with E-state index in [1.54, 1.807) is 0 Å². The van der Waals surface area contributed by atoms with Crippen molar-refractivity contribution in [2.24, 2.45) is 5.73 Å². The third kappa shape index (κ3) is 2.33. The van der Waals surface area contributed by atoms with E-state index in [4.69, 9.17) is 10.5 Å². The lowest BCUT2D eigenvalue weighted by molar-refractivity contribution is 0.0512. The number of hydrogen-bond acceptors (Lipinski definition) is 3. The SMILES string of the molecule is Cc1ccc2c(c1)C(CN)(N1CCCCCC1)CCO2. The highest BCUT2D eigenvalue weighted by Gasteiger charge is 2.41. The van der Waals surface area contributed by atoms with Gasteiger partial charge in [-0.15, -0.1) is 0 Å². The fourth-order valence-electron chi connectivity index (χ4n) is 3.77. The highest BCUT2D eigenvalue weighted by molar-refractivity contribution is 5.44. The zero-order valence-electron chi connectivity index (χ0n) is 12.5. The van der Waals surface area contributed by atoms with Crippen LogP contribution in [0.4, 0.5) is 0 Å². The predicted octanol–water partition coefficient (Wildman–Crippen LogP) is 2.81. The lowest BCUT2D eigenvalue weighted by atomic mass is 9.81. The van der Waals surface area contributed by atoms with Crippen LogP contribution in [-0.4, -0.2) is 31.1 Å². The van der Waals surface area contributed by atoms with Crippen LogP contribution >= 0.6 is 0 Å². The third-order valence-corrected chi connectivity index (χ3v) is 4.96. The van der Waals surface area contributed by atoms with Crippen LogP contribution in [0.25, 0.3) is 0 Å². The van der Waals surface area contributed by atoms with Crippen LogP contribution in [-0.2, 0) is 5.54 Å². The lowest BCUT2D eigenvalue weighted by Crippen LogP contribution is -2.54. The normalized spacial score (nSPS) is 27.5. The van der Waals surface area contributed by atoms with Gasteiger partial charge < -0.3 is 10.5 Å². The summed E-state index contributed by atoms with van der Waals surface area (Å²) in [7, 11) is 0. The van der Waals surface area contributed by atoms with E-state index >= 15 is 0 Å². The summed E-state index contributed by atoms with van der Waals surface area (Å²) in [6.45, 7) is 5.96. The van der Waals surface area contributed by atoms with E-state index in [1.807, 2.05) is 0 Å². The van der Waals surface area contributed by atoms with Crippen molar-refractivity contribution in [2.45, 2.75) is 44.6 Å². The van der Waals surface area contributed by atoms with Crippen molar-refractivity contribution in [3.63, 3.8) is 0 Å². The molecular formula is C17H26N2O. The van der Waals surface area contributed by atoms with Gasteiger partial charge in [0.15, 0.2) is 0 Å². The molecule has 2 heterocycles. The number of likely N-dealkylation sites (tertiary alicyclic amines) is 1. The van der Waals surface area contributed by atoms with Crippen molar-refractivity contribution < 1.29 is 4.74 Å². The molecule has 1 atom stereocenters. The van der Waals surface area contributed by atoms with Gasteiger partial charge in [-0.3, -0.25) is 4.90 Å². The molecule has 3 nitrogen and oxygen atoms in total. The van der Waals surface area contributed by atoms with E-state index in [0.717, 1.165) is 18.8 Å². The van der Waals surface area contributed by atoms with Crippen LogP contribution in [0.3, 0.4) is 0 Å². The highest BCUT2D eigenvalue weighted by atomic mass is 16.5. The monoisotopic (exact) mass is 274 g/mol. The molecule has 1 aromatic rings. The molecule has 3 rings (SSSR count). The Labute approximate surface area is 122 Å². The summed E-state index contributed by atoms with van der Waals surface area (Å²) in [5, 5.41) is 0. The van der Waals surface area contributed by atoms with Crippen LogP contribution in [0, 0.1) is 6.92 Å². The Morgan fingerprint density at radius 1 is 1.20 bits per heavy atom. The molecule has 20 heavy (non-hydrogen) atoms. The number of hydrogen-bond donors (Lipinski definition) is 1. The van der Waals surface area contributed by atoms with Gasteiger partial charge in [0, 0.05) is 18.5 Å².